The Morgan fingerprint density at radius 3 is 2.76 bits per heavy atom. The first-order valence-corrected chi connectivity index (χ1v) is 9.02. The van der Waals surface area contributed by atoms with Gasteiger partial charge in [0.05, 0.1) is 5.69 Å². The molecule has 0 unspecified atom stereocenters. The highest BCUT2D eigenvalue weighted by molar-refractivity contribution is 7.09. The summed E-state index contributed by atoms with van der Waals surface area (Å²) in [6.07, 6.45) is 3.96. The van der Waals surface area contributed by atoms with E-state index >= 15 is 0 Å². The zero-order valence-corrected chi connectivity index (χ0v) is 15.1. The maximum Gasteiger partial charge on any atom is 0.107 e. The predicted octanol–water partition coefficient (Wildman–Crippen LogP) is 4.04. The van der Waals surface area contributed by atoms with Crippen molar-refractivity contribution < 1.29 is 0 Å². The number of thiazole rings is 1. The first-order valence-electron chi connectivity index (χ1n) is 8.14. The molecule has 0 bridgehead atoms. The first kappa shape index (κ1) is 16.9. The lowest BCUT2D eigenvalue weighted by molar-refractivity contribution is 0.253. The lowest BCUT2D eigenvalue weighted by atomic mass is 9.85. The fourth-order valence-electron chi connectivity index (χ4n) is 2.71. The number of nitrogens with zero attached hydrogens (tertiary/aromatic N) is 2. The summed E-state index contributed by atoms with van der Waals surface area (Å²) in [5.41, 5.74) is 1.91. The van der Waals surface area contributed by atoms with Crippen molar-refractivity contribution in [1.82, 2.24) is 15.2 Å². The molecule has 2 rings (SSSR count). The van der Waals surface area contributed by atoms with Gasteiger partial charge in [0.15, 0.2) is 0 Å². The van der Waals surface area contributed by atoms with E-state index in [1.807, 2.05) is 0 Å². The fourth-order valence-corrected chi connectivity index (χ4v) is 3.43. The molecule has 1 N–H and O–H groups in total. The van der Waals surface area contributed by atoms with Gasteiger partial charge < -0.3 is 5.32 Å². The molecule has 1 aromatic heterocycles. The molecular formula is C17H31N3S. The molecule has 0 atom stereocenters. The van der Waals surface area contributed by atoms with Gasteiger partial charge in [-0.25, -0.2) is 4.98 Å². The predicted molar refractivity (Wildman–Crippen MR) is 91.6 cm³/mol. The van der Waals surface area contributed by atoms with Gasteiger partial charge in [0.2, 0.25) is 0 Å². The summed E-state index contributed by atoms with van der Waals surface area (Å²) in [5, 5.41) is 6.95. The quantitative estimate of drug-likeness (QED) is 0.909. The van der Waals surface area contributed by atoms with Crippen molar-refractivity contribution in [2.45, 2.75) is 72.5 Å². The maximum atomic E-state index is 4.79. The molecule has 1 saturated heterocycles. The number of rotatable bonds is 4. The molecule has 0 saturated carbocycles. The number of aromatic nitrogens is 1. The molecule has 0 amide bonds. The van der Waals surface area contributed by atoms with Gasteiger partial charge in [0.25, 0.3) is 0 Å². The topological polar surface area (TPSA) is 28.2 Å². The zero-order valence-electron chi connectivity index (χ0n) is 14.3. The van der Waals surface area contributed by atoms with Gasteiger partial charge >= 0.3 is 0 Å². The molecule has 120 valence electrons. The highest BCUT2D eigenvalue weighted by atomic mass is 32.1. The van der Waals surface area contributed by atoms with Crippen LogP contribution in [0.2, 0.25) is 0 Å². The molecule has 1 aromatic rings. The second kappa shape index (κ2) is 6.76. The first-order chi connectivity index (χ1) is 9.73. The van der Waals surface area contributed by atoms with Crippen molar-refractivity contribution in [2.24, 2.45) is 5.41 Å². The van der Waals surface area contributed by atoms with Crippen LogP contribution in [-0.2, 0) is 13.1 Å². The largest absolute Gasteiger partial charge is 0.306 e. The van der Waals surface area contributed by atoms with Crippen LogP contribution in [0.5, 0.6) is 0 Å². The fraction of sp³-hybridized carbons (Fsp3) is 0.824. The Hall–Kier alpha value is -0.450. The Balaban J connectivity index is 1.85. The van der Waals surface area contributed by atoms with E-state index in [0.717, 1.165) is 13.1 Å². The summed E-state index contributed by atoms with van der Waals surface area (Å²) in [4.78, 5) is 7.36. The molecule has 0 aromatic carbocycles. The van der Waals surface area contributed by atoms with Gasteiger partial charge in [-0.2, -0.15) is 0 Å². The monoisotopic (exact) mass is 309 g/mol. The summed E-state index contributed by atoms with van der Waals surface area (Å²) in [7, 11) is 0. The number of hydrogen-bond donors (Lipinski definition) is 1. The van der Waals surface area contributed by atoms with Gasteiger partial charge in [-0.1, -0.05) is 13.8 Å². The van der Waals surface area contributed by atoms with Gasteiger partial charge in [0.1, 0.15) is 5.01 Å². The van der Waals surface area contributed by atoms with Crippen molar-refractivity contribution in [3.05, 3.63) is 16.1 Å². The van der Waals surface area contributed by atoms with E-state index < -0.39 is 0 Å². The Labute approximate surface area is 134 Å². The second-order valence-corrected chi connectivity index (χ2v) is 9.07. The molecule has 0 aliphatic carbocycles. The average molecular weight is 310 g/mol. The summed E-state index contributed by atoms with van der Waals surface area (Å²) in [5.74, 6) is 0. The SMILES string of the molecule is CC1(C)CCCN(Cc2csc(CNC(C)(C)C)n2)CC1. The van der Waals surface area contributed by atoms with Crippen LogP contribution in [0.15, 0.2) is 5.38 Å². The molecule has 0 radical (unpaired) electrons. The standard InChI is InChI=1S/C17H31N3S/c1-16(2,3)18-11-15-19-14(13-21-15)12-20-9-6-7-17(4,5)8-10-20/h13,18H,6-12H2,1-5H3. The third-order valence-corrected chi connectivity index (χ3v) is 5.09. The van der Waals surface area contributed by atoms with E-state index in [0.29, 0.717) is 5.41 Å². The van der Waals surface area contributed by atoms with E-state index in [9.17, 15) is 0 Å². The van der Waals surface area contributed by atoms with Crippen LogP contribution in [0.4, 0.5) is 0 Å². The lowest BCUT2D eigenvalue weighted by Gasteiger charge is -2.22. The maximum absolute atomic E-state index is 4.79. The Morgan fingerprint density at radius 1 is 1.29 bits per heavy atom. The molecule has 4 heteroatoms. The second-order valence-electron chi connectivity index (χ2n) is 8.13. The van der Waals surface area contributed by atoms with E-state index in [1.54, 1.807) is 11.3 Å². The molecule has 3 nitrogen and oxygen atoms in total. The molecule has 1 aliphatic rings. The molecule has 21 heavy (non-hydrogen) atoms. The van der Waals surface area contributed by atoms with Crippen LogP contribution in [0.1, 0.15) is 64.6 Å². The highest BCUT2D eigenvalue weighted by Gasteiger charge is 2.23. The smallest absolute Gasteiger partial charge is 0.107 e. The minimum absolute atomic E-state index is 0.155. The normalized spacial score (nSPS) is 20.4. The minimum atomic E-state index is 0.155. The Bertz CT molecular complexity index is 445. The number of nitrogens with one attached hydrogen (secondary N) is 1. The van der Waals surface area contributed by atoms with Crippen LogP contribution < -0.4 is 5.32 Å². The van der Waals surface area contributed by atoms with Crippen molar-refractivity contribution in [3.8, 4) is 0 Å². The van der Waals surface area contributed by atoms with Gasteiger partial charge in [0, 0.05) is 24.0 Å². The van der Waals surface area contributed by atoms with Gasteiger partial charge in [-0.3, -0.25) is 4.90 Å². The van der Waals surface area contributed by atoms with Crippen molar-refractivity contribution in [3.63, 3.8) is 0 Å². The highest BCUT2D eigenvalue weighted by Crippen LogP contribution is 2.30. The van der Waals surface area contributed by atoms with E-state index in [-0.39, 0.29) is 5.54 Å². The van der Waals surface area contributed by atoms with E-state index in [2.05, 4.69) is 50.2 Å². The van der Waals surface area contributed by atoms with Crippen LogP contribution in [0.25, 0.3) is 0 Å². The third-order valence-electron chi connectivity index (χ3n) is 4.19. The molecule has 2 heterocycles. The lowest BCUT2D eigenvalue weighted by Crippen LogP contribution is -2.35. The van der Waals surface area contributed by atoms with Crippen LogP contribution in [0, 0.1) is 5.41 Å². The number of likely N-dealkylation sites (tertiary alicyclic amines) is 1. The molecule has 0 spiro atoms. The molecule has 1 aliphatic heterocycles. The number of hydrogen-bond acceptors (Lipinski definition) is 4. The van der Waals surface area contributed by atoms with Crippen LogP contribution >= 0.6 is 11.3 Å². The van der Waals surface area contributed by atoms with E-state index in [4.69, 9.17) is 4.98 Å². The summed E-state index contributed by atoms with van der Waals surface area (Å²) in [6.45, 7) is 15.7. The van der Waals surface area contributed by atoms with Gasteiger partial charge in [-0.15, -0.1) is 11.3 Å². The Kier molecular flexibility index (Phi) is 5.44. The molecule has 1 fully saturated rings. The van der Waals surface area contributed by atoms with Crippen LogP contribution in [0.3, 0.4) is 0 Å². The van der Waals surface area contributed by atoms with Crippen molar-refractivity contribution >= 4 is 11.3 Å². The van der Waals surface area contributed by atoms with Crippen molar-refractivity contribution in [2.75, 3.05) is 13.1 Å². The summed E-state index contributed by atoms with van der Waals surface area (Å²) in [6, 6.07) is 0. The summed E-state index contributed by atoms with van der Waals surface area (Å²) < 4.78 is 0. The third kappa shape index (κ3) is 6.05. The van der Waals surface area contributed by atoms with Crippen molar-refractivity contribution in [1.29, 1.82) is 0 Å². The zero-order chi connectivity index (χ0) is 15.5. The molecular weight excluding hydrogens is 278 g/mol. The van der Waals surface area contributed by atoms with Gasteiger partial charge in [-0.05, 0) is 58.5 Å². The Morgan fingerprint density at radius 2 is 2.05 bits per heavy atom. The minimum Gasteiger partial charge on any atom is -0.306 e. The summed E-state index contributed by atoms with van der Waals surface area (Å²) >= 11 is 1.78. The average Bonchev–Trinajstić information content (AvgIpc) is 2.73. The van der Waals surface area contributed by atoms with E-state index in [1.165, 1.54) is 43.1 Å². The van der Waals surface area contributed by atoms with Crippen LogP contribution in [-0.4, -0.2) is 28.5 Å².